The van der Waals surface area contributed by atoms with Gasteiger partial charge in [-0.05, 0) is 80.3 Å². The highest BCUT2D eigenvalue weighted by molar-refractivity contribution is 7.92. The van der Waals surface area contributed by atoms with E-state index in [0.29, 0.717) is 40.1 Å². The van der Waals surface area contributed by atoms with Crippen molar-refractivity contribution in [1.29, 1.82) is 0 Å². The molecular weight excluding hydrogens is 621 g/mol. The molecule has 4 rings (SSSR count). The number of hydrogen-bond acceptors (Lipinski definition) is 5. The van der Waals surface area contributed by atoms with Crippen molar-refractivity contribution in [2.24, 2.45) is 0 Å². The molecule has 1 aliphatic carbocycles. The molecule has 0 aromatic heterocycles. The van der Waals surface area contributed by atoms with Gasteiger partial charge in [0.25, 0.3) is 10.0 Å². The molecule has 1 fully saturated rings. The number of carbonyl (C=O) groups excluding carboxylic acids is 2. The summed E-state index contributed by atoms with van der Waals surface area (Å²) in [5.41, 5.74) is 0.987. The van der Waals surface area contributed by atoms with E-state index in [-0.39, 0.29) is 23.4 Å². The van der Waals surface area contributed by atoms with E-state index in [1.807, 2.05) is 13.8 Å². The minimum absolute atomic E-state index is 0.00993. The molecule has 2 amide bonds. The number of hydrogen-bond donors (Lipinski definition) is 1. The van der Waals surface area contributed by atoms with E-state index in [2.05, 4.69) is 5.32 Å². The maximum atomic E-state index is 14.3. The van der Waals surface area contributed by atoms with Gasteiger partial charge in [0.05, 0.1) is 27.2 Å². The third kappa shape index (κ3) is 8.46. The molecule has 11 heteroatoms. The standard InChI is InChI=1S/C33H39Cl2N3O5S/c1-3-31(33(40)36-25-11-7-5-8-12-25)37(22-24-15-20-29(34)30(35)21-24)32(39)23-38(26-13-9-6-10-14-26)44(41,42)28-18-16-27(17-19-28)43-4-2/h6,9-10,13-21,25,31H,3-5,7-8,11-12,22-23H2,1-2H3,(H,36,40)/t31-/m1/s1. The molecule has 236 valence electrons. The minimum atomic E-state index is -4.18. The van der Waals surface area contributed by atoms with Gasteiger partial charge in [0, 0.05) is 12.6 Å². The molecule has 0 saturated heterocycles. The summed E-state index contributed by atoms with van der Waals surface area (Å²) in [6.45, 7) is 3.65. The fourth-order valence-electron chi connectivity index (χ4n) is 5.42. The molecule has 1 atom stereocenters. The summed E-state index contributed by atoms with van der Waals surface area (Å²) in [4.78, 5) is 29.4. The Bertz CT molecular complexity index is 1510. The highest BCUT2D eigenvalue weighted by atomic mass is 35.5. The van der Waals surface area contributed by atoms with Gasteiger partial charge in [0.1, 0.15) is 18.3 Å². The number of halogens is 2. The topological polar surface area (TPSA) is 96.0 Å². The van der Waals surface area contributed by atoms with E-state index in [9.17, 15) is 18.0 Å². The second-order valence-corrected chi connectivity index (χ2v) is 13.5. The smallest absolute Gasteiger partial charge is 0.264 e. The lowest BCUT2D eigenvalue weighted by Gasteiger charge is -2.34. The summed E-state index contributed by atoms with van der Waals surface area (Å²) in [6, 6.07) is 18.8. The predicted octanol–water partition coefficient (Wildman–Crippen LogP) is 6.84. The van der Waals surface area contributed by atoms with Crippen molar-refractivity contribution in [3.05, 3.63) is 88.4 Å². The number of carbonyl (C=O) groups is 2. The summed E-state index contributed by atoms with van der Waals surface area (Å²) < 4.78 is 34.6. The molecule has 0 unspecified atom stereocenters. The van der Waals surface area contributed by atoms with Crippen LogP contribution >= 0.6 is 23.2 Å². The summed E-state index contributed by atoms with van der Waals surface area (Å²) in [6.07, 6.45) is 5.36. The SMILES string of the molecule is CCOc1ccc(S(=O)(=O)N(CC(=O)N(Cc2ccc(Cl)c(Cl)c2)[C@H](CC)C(=O)NC2CCCCC2)c2ccccc2)cc1. The molecule has 1 aliphatic rings. The lowest BCUT2D eigenvalue weighted by Crippen LogP contribution is -2.54. The Labute approximate surface area is 270 Å². The molecule has 0 aliphatic heterocycles. The number of nitrogens with one attached hydrogen (secondary N) is 1. The molecule has 0 heterocycles. The monoisotopic (exact) mass is 659 g/mol. The van der Waals surface area contributed by atoms with Crippen LogP contribution in [0.3, 0.4) is 0 Å². The van der Waals surface area contributed by atoms with Gasteiger partial charge in [0.2, 0.25) is 11.8 Å². The van der Waals surface area contributed by atoms with Crippen molar-refractivity contribution in [3.63, 3.8) is 0 Å². The van der Waals surface area contributed by atoms with E-state index in [1.54, 1.807) is 60.7 Å². The number of anilines is 1. The second-order valence-electron chi connectivity index (χ2n) is 10.8. The molecule has 8 nitrogen and oxygen atoms in total. The average Bonchev–Trinajstić information content (AvgIpc) is 3.02. The fourth-order valence-corrected chi connectivity index (χ4v) is 7.16. The Balaban J connectivity index is 1.69. The molecule has 1 N–H and O–H groups in total. The van der Waals surface area contributed by atoms with Crippen LogP contribution in [-0.2, 0) is 26.2 Å². The first-order valence-electron chi connectivity index (χ1n) is 15.0. The first-order chi connectivity index (χ1) is 21.1. The van der Waals surface area contributed by atoms with Gasteiger partial charge in [0.15, 0.2) is 0 Å². The molecule has 0 radical (unpaired) electrons. The average molecular weight is 661 g/mol. The second kappa shape index (κ2) is 15.6. The highest BCUT2D eigenvalue weighted by Crippen LogP contribution is 2.28. The fraction of sp³-hybridized carbons (Fsp3) is 0.394. The lowest BCUT2D eigenvalue weighted by molar-refractivity contribution is -0.140. The van der Waals surface area contributed by atoms with Gasteiger partial charge >= 0.3 is 0 Å². The molecule has 0 spiro atoms. The summed E-state index contributed by atoms with van der Waals surface area (Å²) in [5.74, 6) is -0.245. The number of ether oxygens (including phenoxy) is 1. The van der Waals surface area contributed by atoms with Crippen LogP contribution < -0.4 is 14.4 Å². The van der Waals surface area contributed by atoms with Crippen LogP contribution in [0.2, 0.25) is 10.0 Å². The van der Waals surface area contributed by atoms with Crippen LogP contribution in [0, 0.1) is 0 Å². The summed E-state index contributed by atoms with van der Waals surface area (Å²) >= 11 is 12.4. The molecule has 0 bridgehead atoms. The van der Waals surface area contributed by atoms with Gasteiger partial charge in [-0.25, -0.2) is 8.42 Å². The normalized spacial score (nSPS) is 14.5. The first-order valence-corrected chi connectivity index (χ1v) is 17.2. The van der Waals surface area contributed by atoms with Crippen LogP contribution in [0.25, 0.3) is 0 Å². The number of amides is 2. The number of rotatable bonds is 13. The minimum Gasteiger partial charge on any atom is -0.494 e. The van der Waals surface area contributed by atoms with Crippen LogP contribution in [0.5, 0.6) is 5.75 Å². The Morgan fingerprint density at radius 3 is 2.23 bits per heavy atom. The van der Waals surface area contributed by atoms with Crippen molar-refractivity contribution in [3.8, 4) is 5.75 Å². The number of nitrogens with zero attached hydrogens (tertiary/aromatic N) is 2. The van der Waals surface area contributed by atoms with Gasteiger partial charge < -0.3 is 15.0 Å². The van der Waals surface area contributed by atoms with Gasteiger partial charge in [-0.15, -0.1) is 0 Å². The van der Waals surface area contributed by atoms with Crippen molar-refractivity contribution in [2.45, 2.75) is 75.9 Å². The van der Waals surface area contributed by atoms with Crippen molar-refractivity contribution in [2.75, 3.05) is 17.5 Å². The highest BCUT2D eigenvalue weighted by Gasteiger charge is 2.34. The Kier molecular flexibility index (Phi) is 11.9. The maximum Gasteiger partial charge on any atom is 0.264 e. The van der Waals surface area contributed by atoms with Crippen LogP contribution in [0.1, 0.15) is 57.9 Å². The Morgan fingerprint density at radius 1 is 0.932 bits per heavy atom. The first kappa shape index (κ1) is 33.6. The van der Waals surface area contributed by atoms with Gasteiger partial charge in [-0.1, -0.05) is 73.7 Å². The van der Waals surface area contributed by atoms with Crippen LogP contribution in [0.4, 0.5) is 5.69 Å². The zero-order valence-corrected chi connectivity index (χ0v) is 27.4. The largest absolute Gasteiger partial charge is 0.494 e. The number of sulfonamides is 1. The van der Waals surface area contributed by atoms with E-state index in [4.69, 9.17) is 27.9 Å². The molecule has 3 aromatic rings. The van der Waals surface area contributed by atoms with E-state index >= 15 is 0 Å². The zero-order chi connectivity index (χ0) is 31.7. The quantitative estimate of drug-likeness (QED) is 0.217. The Morgan fingerprint density at radius 2 is 1.61 bits per heavy atom. The molecule has 1 saturated carbocycles. The number of benzene rings is 3. The summed E-state index contributed by atoms with van der Waals surface area (Å²) in [5, 5.41) is 3.83. The van der Waals surface area contributed by atoms with Gasteiger partial charge in [-0.3, -0.25) is 13.9 Å². The summed E-state index contributed by atoms with van der Waals surface area (Å²) in [7, 11) is -4.18. The lowest BCUT2D eigenvalue weighted by atomic mass is 9.95. The van der Waals surface area contributed by atoms with Crippen molar-refractivity contribution >= 4 is 50.7 Å². The molecule has 44 heavy (non-hydrogen) atoms. The Hall–Kier alpha value is -3.27. The number of para-hydroxylation sites is 1. The predicted molar refractivity (Wildman–Crippen MR) is 175 cm³/mol. The van der Waals surface area contributed by atoms with Gasteiger partial charge in [-0.2, -0.15) is 0 Å². The third-order valence-electron chi connectivity index (χ3n) is 7.72. The van der Waals surface area contributed by atoms with E-state index < -0.39 is 28.5 Å². The third-order valence-corrected chi connectivity index (χ3v) is 10.2. The maximum absolute atomic E-state index is 14.3. The molecule has 3 aromatic carbocycles. The zero-order valence-electron chi connectivity index (χ0n) is 25.0. The van der Waals surface area contributed by atoms with Crippen molar-refractivity contribution in [1.82, 2.24) is 10.2 Å². The van der Waals surface area contributed by atoms with E-state index in [0.717, 1.165) is 36.4 Å². The van der Waals surface area contributed by atoms with Crippen LogP contribution in [0.15, 0.2) is 77.7 Å². The van der Waals surface area contributed by atoms with Crippen LogP contribution in [-0.4, -0.2) is 50.4 Å². The van der Waals surface area contributed by atoms with E-state index in [1.165, 1.54) is 17.0 Å². The van der Waals surface area contributed by atoms with Crippen molar-refractivity contribution < 1.29 is 22.7 Å². The molecular formula is C33H39Cl2N3O5S.